The number of rotatable bonds is 9. The summed E-state index contributed by atoms with van der Waals surface area (Å²) >= 11 is 0. The van der Waals surface area contributed by atoms with Crippen LogP contribution in [-0.2, 0) is 59.5 Å². The van der Waals surface area contributed by atoms with Crippen molar-refractivity contribution in [2.45, 2.75) is 195 Å². The maximum Gasteiger partial charge on any atom is 2.00 e. The molecule has 1 unspecified atom stereocenters. The van der Waals surface area contributed by atoms with Gasteiger partial charge in [0.1, 0.15) is 17.9 Å². The van der Waals surface area contributed by atoms with Gasteiger partial charge in [-0.25, -0.2) is 4.57 Å². The number of imidazole rings is 1. The van der Waals surface area contributed by atoms with Crippen LogP contribution in [0.2, 0.25) is 0 Å². The Morgan fingerprint density at radius 1 is 0.513 bits per heavy atom. The molecule has 0 spiro atoms. The molecule has 78 heavy (non-hydrogen) atoms. The van der Waals surface area contributed by atoms with E-state index in [1.807, 2.05) is 0 Å². The monoisotopic (exact) mass is 1410 g/mol. The van der Waals surface area contributed by atoms with Crippen LogP contribution in [0.4, 0.5) is 11.4 Å². The van der Waals surface area contributed by atoms with Gasteiger partial charge in [-0.15, -0.1) is 0 Å². The molecule has 3 heterocycles. The van der Waals surface area contributed by atoms with Crippen molar-refractivity contribution >= 4 is 38.7 Å². The van der Waals surface area contributed by atoms with Crippen LogP contribution in [-0.4, -0.2) is 10.6 Å². The minimum Gasteiger partial charge on any atom is -0.358 e. The first kappa shape index (κ1) is 68.2. The molecular weight excluding hydrogens is 1300 g/mol. The molecule has 2 aromatic heterocycles. The summed E-state index contributed by atoms with van der Waals surface area (Å²) in [6, 6.07) is 38.8. The Morgan fingerprint density at radius 3 is 1.50 bits per heavy atom. The Morgan fingerprint density at radius 2 is 0.974 bits per heavy atom. The van der Waals surface area contributed by atoms with Crippen LogP contribution < -0.4 is 14.4 Å². The summed E-state index contributed by atoms with van der Waals surface area (Å²) in [5.41, 5.74) is 16.8. The molecule has 6 heteroatoms. The second-order valence-electron chi connectivity index (χ2n) is 23.3. The molecule has 424 valence electrons. The standard InChI is InChI=1S/C36H43N2.C22H26N2.2C5H10.4CH3.2Os/c1-23(2)18-28-20-27(26-13-7-8-14-26)21-29(19-24(3)4)35(28)33-22-37(6)36-34-25(5)12-11-16-31(34)30-15-9-10-17-32(30)38(33)36;1-17-7-3-6-10-22(17)24-16-15-23(18(24)2)21-13-11-20(12-14-21)19-8-4-5-9-19;2*1-2-4-5-3-1;;;;;;/h9-12,15-17,20-24,26H,7-8,13-14,18-19H2,1-6H3;3,6-7,10-16,18-19H,4-5,8-9H2,1-2H3;2*1-5H2;4*1H3;;/q+1;;;;4*-1;2*+2. The number of para-hydroxylation sites is 2. The van der Waals surface area contributed by atoms with E-state index in [1.165, 1.54) is 193 Å². The average molecular weight is 1400 g/mol. The summed E-state index contributed by atoms with van der Waals surface area (Å²) in [5, 5.41) is 4.03. The van der Waals surface area contributed by atoms with Crippen LogP contribution in [0.5, 0.6) is 0 Å². The van der Waals surface area contributed by atoms with Gasteiger partial charge in [0.05, 0.1) is 12.4 Å². The first-order valence-corrected chi connectivity index (χ1v) is 28.9. The fourth-order valence-corrected chi connectivity index (χ4v) is 13.1. The Balaban J connectivity index is 0.000000342. The topological polar surface area (TPSA) is 14.8 Å². The van der Waals surface area contributed by atoms with Crippen molar-refractivity contribution in [2.75, 3.05) is 9.80 Å². The van der Waals surface area contributed by atoms with Crippen LogP contribution in [0.1, 0.15) is 195 Å². The average Bonchev–Trinajstić information content (AvgIpc) is 4.25. The first-order chi connectivity index (χ1) is 35.1. The second kappa shape index (κ2) is 32.4. The number of hydrogen-bond acceptors (Lipinski definition) is 2. The van der Waals surface area contributed by atoms with E-state index in [9.17, 15) is 0 Å². The van der Waals surface area contributed by atoms with E-state index in [0.29, 0.717) is 18.0 Å². The van der Waals surface area contributed by atoms with Crippen molar-refractivity contribution in [1.29, 1.82) is 0 Å². The van der Waals surface area contributed by atoms with E-state index in [0.717, 1.165) is 24.7 Å². The zero-order valence-electron chi connectivity index (χ0n) is 50.6. The van der Waals surface area contributed by atoms with E-state index in [4.69, 9.17) is 0 Å². The summed E-state index contributed by atoms with van der Waals surface area (Å²) in [7, 11) is 2.23. The maximum atomic E-state index is 2.60. The first-order valence-electron chi connectivity index (χ1n) is 28.9. The van der Waals surface area contributed by atoms with Crippen molar-refractivity contribution < 1.29 is 44.1 Å². The van der Waals surface area contributed by atoms with Gasteiger partial charge in [0.25, 0.3) is 5.65 Å². The molecule has 4 saturated carbocycles. The summed E-state index contributed by atoms with van der Waals surface area (Å²) in [4.78, 5) is 4.70. The number of nitrogens with zero attached hydrogens (tertiary/aromatic N) is 4. The van der Waals surface area contributed by atoms with E-state index in [2.05, 4.69) is 196 Å². The third-order valence-electron chi connectivity index (χ3n) is 16.8. The number of fused-ring (bicyclic) bond motifs is 6. The largest absolute Gasteiger partial charge is 2.00 e. The summed E-state index contributed by atoms with van der Waals surface area (Å²) in [5.74, 6) is 2.74. The normalized spacial score (nSPS) is 16.7. The predicted molar refractivity (Wildman–Crippen MR) is 336 cm³/mol. The summed E-state index contributed by atoms with van der Waals surface area (Å²) < 4.78 is 4.95. The number of pyridine rings is 1. The molecule has 1 atom stereocenters. The minimum absolute atomic E-state index is 0. The molecule has 0 bridgehead atoms. The van der Waals surface area contributed by atoms with Crippen molar-refractivity contribution in [2.24, 2.45) is 18.9 Å². The van der Waals surface area contributed by atoms with Crippen LogP contribution in [0.15, 0.2) is 122 Å². The van der Waals surface area contributed by atoms with Crippen LogP contribution in [0, 0.1) is 55.4 Å². The van der Waals surface area contributed by atoms with Gasteiger partial charge in [-0.3, -0.25) is 0 Å². The third kappa shape index (κ3) is 15.9. The smallest absolute Gasteiger partial charge is 0.358 e. The Labute approximate surface area is 503 Å². The Hall–Kier alpha value is -4.08. The maximum absolute atomic E-state index is 2.60. The zero-order valence-corrected chi connectivity index (χ0v) is 55.7. The van der Waals surface area contributed by atoms with Crippen molar-refractivity contribution in [3.8, 4) is 11.3 Å². The van der Waals surface area contributed by atoms with Gasteiger partial charge < -0.3 is 39.5 Å². The number of benzene rings is 5. The summed E-state index contributed by atoms with van der Waals surface area (Å²) in [6.07, 6.45) is 35.3. The number of aryl methyl sites for hydroxylation is 3. The number of aromatic nitrogens is 2. The molecule has 7 aromatic rings. The molecule has 0 saturated heterocycles. The van der Waals surface area contributed by atoms with Gasteiger partial charge in [0.15, 0.2) is 5.69 Å². The molecule has 5 aliphatic rings. The van der Waals surface area contributed by atoms with Gasteiger partial charge in [0, 0.05) is 40.1 Å². The zero-order chi connectivity index (χ0) is 50.1. The fourth-order valence-electron chi connectivity index (χ4n) is 13.1. The van der Waals surface area contributed by atoms with Gasteiger partial charge in [-0.1, -0.05) is 196 Å². The summed E-state index contributed by atoms with van der Waals surface area (Å²) in [6.45, 7) is 16.2. The van der Waals surface area contributed by atoms with Gasteiger partial charge in [0.2, 0.25) is 0 Å². The van der Waals surface area contributed by atoms with Crippen LogP contribution >= 0.6 is 0 Å². The van der Waals surface area contributed by atoms with E-state index >= 15 is 0 Å². The molecule has 0 radical (unpaired) electrons. The quantitative estimate of drug-likeness (QED) is 0.0813. The molecule has 0 amide bonds. The predicted octanol–water partition coefficient (Wildman–Crippen LogP) is 20.6. The molecule has 12 rings (SSSR count). The van der Waals surface area contributed by atoms with Gasteiger partial charge in [-0.05, 0) is 141 Å². The molecule has 4 nitrogen and oxygen atoms in total. The Kier molecular flexibility index (Phi) is 28.3. The molecule has 4 fully saturated rings. The number of anilines is 2. The number of hydrogen-bond donors (Lipinski definition) is 0. The molecule has 5 aromatic carbocycles. The van der Waals surface area contributed by atoms with Crippen LogP contribution in [0.25, 0.3) is 38.6 Å². The van der Waals surface area contributed by atoms with Gasteiger partial charge >= 0.3 is 39.6 Å². The van der Waals surface area contributed by atoms with E-state index in [-0.39, 0.29) is 69.3 Å². The Bertz CT molecular complexity index is 2850. The van der Waals surface area contributed by atoms with Crippen molar-refractivity contribution in [1.82, 2.24) is 4.40 Å². The van der Waals surface area contributed by atoms with E-state index < -0.39 is 0 Å². The van der Waals surface area contributed by atoms with Crippen molar-refractivity contribution in [3.63, 3.8) is 0 Å². The molecule has 0 N–H and O–H groups in total. The van der Waals surface area contributed by atoms with E-state index in [1.54, 1.807) is 5.56 Å². The fraction of sp³-hybridized carbons (Fsp3) is 0.458. The third-order valence-corrected chi connectivity index (χ3v) is 16.8. The molecule has 1 aliphatic heterocycles. The van der Waals surface area contributed by atoms with Crippen LogP contribution in [0.3, 0.4) is 0 Å². The van der Waals surface area contributed by atoms with Gasteiger partial charge in [-0.2, -0.15) is 4.40 Å². The second-order valence-corrected chi connectivity index (χ2v) is 23.3. The molecular formula is C72H101N4Os2+. The SMILES string of the molecule is C1CCCC1.C1CCCC1.Cc1cccc2c3ccccc3n3c(-c4c(CC(C)C)cc(C5CCCC5)cc4CC(C)C)c[n+](C)c3c12.Cc1ccccc1N1C=CN(c2ccc(C3CCCC3)cc2)C1C.[CH3-].[CH3-].[CH3-].[CH3-].[Os+2].[Os+2]. The minimum atomic E-state index is 0. The molecule has 4 aliphatic carbocycles. The van der Waals surface area contributed by atoms with Crippen molar-refractivity contribution in [3.05, 3.63) is 185 Å².